The van der Waals surface area contributed by atoms with Crippen LogP contribution in [0.5, 0.6) is 11.5 Å². The number of aromatic nitrogens is 2. The fraction of sp³-hybridized carbons (Fsp3) is 0.167. The molecule has 0 saturated heterocycles. The Morgan fingerprint density at radius 2 is 1.24 bits per heavy atom. The predicted molar refractivity (Wildman–Crippen MR) is 320 cm³/mol. The van der Waals surface area contributed by atoms with E-state index < -0.39 is 23.7 Å². The largest absolute Gasteiger partial charge is 0.509 e. The van der Waals surface area contributed by atoms with E-state index in [1.165, 1.54) is 0 Å². The van der Waals surface area contributed by atoms with Crippen molar-refractivity contribution in [2.75, 3.05) is 9.80 Å². The molecule has 0 amide bonds. The van der Waals surface area contributed by atoms with Crippen molar-refractivity contribution >= 4 is 44.6 Å². The molecule has 2 aliphatic rings. The summed E-state index contributed by atoms with van der Waals surface area (Å²) in [5.41, 5.74) is 11.1. The van der Waals surface area contributed by atoms with Crippen LogP contribution in [0.3, 0.4) is 0 Å². The van der Waals surface area contributed by atoms with Crippen LogP contribution in [-0.2, 0) is 38.3 Å². The van der Waals surface area contributed by atoms with Crippen LogP contribution >= 0.6 is 0 Å². The summed E-state index contributed by atoms with van der Waals surface area (Å²) in [4.78, 5) is 9.07. The second-order valence-corrected chi connectivity index (χ2v) is 21.7. The second-order valence-electron chi connectivity index (χ2n) is 21.7. The quantitative estimate of drug-likeness (QED) is 0.121. The van der Waals surface area contributed by atoms with E-state index in [9.17, 15) is 8.22 Å². The number of rotatable bonds is 11. The molecule has 0 radical (unpaired) electrons. The molecule has 0 fully saturated rings. The first-order valence-electron chi connectivity index (χ1n) is 30.9. The van der Waals surface area contributed by atoms with Gasteiger partial charge < -0.3 is 19.1 Å². The Labute approximate surface area is 486 Å². The molecule has 0 bridgehead atoms. The third-order valence-electron chi connectivity index (χ3n) is 15.2. The standard InChI is InChI=1S/C72H61N4O.Pt/c1-48(2)40-54-43-69(73-46-62(54)50-22-11-8-12-23-50)76-65-31-14-13-28-60(65)61-36-35-57(45-68(61)76)77-56-27-18-26-55(44-56)74-47-75(67-33-16-15-32-66(67)74)70-58(52-25-17-24-51(41-52)49-20-9-7-10-21-49)29-19-30-59(70)53-34-37-63-64(42-53)72(5,6)39-38-71(63,3)4;/h7-37,41-43,46-48H,38-40H2,1-6H3;/q-3;/i13D,14D,28D,31D,34D,37D,40D2,42D;. The number of fused-ring (bicyclic) bond motifs is 5. The van der Waals surface area contributed by atoms with Crippen molar-refractivity contribution in [1.29, 1.82) is 0 Å². The van der Waals surface area contributed by atoms with E-state index in [0.29, 0.717) is 44.6 Å². The Morgan fingerprint density at radius 3 is 2.01 bits per heavy atom. The van der Waals surface area contributed by atoms with Crippen LogP contribution in [0.4, 0.5) is 22.7 Å². The Bertz CT molecular complexity index is 4550. The number of anilines is 4. The zero-order valence-electron chi connectivity index (χ0n) is 53.2. The summed E-state index contributed by atoms with van der Waals surface area (Å²) < 4.78 is 92.8. The molecule has 1 aliphatic heterocycles. The van der Waals surface area contributed by atoms with Gasteiger partial charge in [0.15, 0.2) is 0 Å². The summed E-state index contributed by atoms with van der Waals surface area (Å²) in [6.45, 7) is 14.2. The van der Waals surface area contributed by atoms with Gasteiger partial charge in [0.25, 0.3) is 0 Å². The van der Waals surface area contributed by atoms with Crippen LogP contribution < -0.4 is 14.5 Å². The number of benzene rings is 9. The van der Waals surface area contributed by atoms with Crippen LogP contribution in [0.25, 0.3) is 72.1 Å². The van der Waals surface area contributed by atoms with E-state index in [1.54, 1.807) is 35.0 Å². The SMILES string of the molecule is [2H]c1c([2H])c2c(c([2H])c1-c1cccc(-c3cccc(-c4ccccc4)c3)c1N1[CH-]N(c3[c-]c(Oc4[c-]c5c(cc4)c4c([2H])c([2H])c([2H])c([2H])c4n5-c4cc(C([2H])([2H])C(C)C)c(-c5ccccc5)cn4)ccc3)c3ccccc31)C(C)(C)CCC2(C)C.[Pt]. The van der Waals surface area contributed by atoms with E-state index in [0.717, 1.165) is 68.8 Å². The van der Waals surface area contributed by atoms with Crippen molar-refractivity contribution < 1.29 is 38.1 Å². The molecule has 5 nitrogen and oxygen atoms in total. The minimum absolute atomic E-state index is 0. The zero-order chi connectivity index (χ0) is 60.3. The van der Waals surface area contributed by atoms with Gasteiger partial charge in [-0.15, -0.1) is 48.1 Å². The first kappa shape index (κ1) is 41.2. The average molecular weight is 1200 g/mol. The first-order valence-corrected chi connectivity index (χ1v) is 26.4. The number of nitrogens with zero attached hydrogens (tertiary/aromatic N) is 4. The Hall–Kier alpha value is -7.98. The minimum Gasteiger partial charge on any atom is -0.509 e. The van der Waals surface area contributed by atoms with Crippen molar-refractivity contribution in [2.24, 2.45) is 5.92 Å². The number of para-hydroxylation sites is 4. The fourth-order valence-corrected chi connectivity index (χ4v) is 11.2. The summed E-state index contributed by atoms with van der Waals surface area (Å²) in [5, 5.41) is 0.745. The maximum atomic E-state index is 10.2. The van der Waals surface area contributed by atoms with E-state index in [-0.39, 0.29) is 85.2 Å². The van der Waals surface area contributed by atoms with Gasteiger partial charge in [-0.2, -0.15) is 12.1 Å². The molecule has 78 heavy (non-hydrogen) atoms. The van der Waals surface area contributed by atoms with Crippen LogP contribution in [-0.4, -0.2) is 9.55 Å². The molecule has 2 aromatic heterocycles. The van der Waals surface area contributed by atoms with E-state index in [1.807, 2.05) is 116 Å². The van der Waals surface area contributed by atoms with Gasteiger partial charge in [0.1, 0.15) is 5.82 Å². The maximum Gasteiger partial charge on any atom is 0.135 e. The van der Waals surface area contributed by atoms with Crippen molar-refractivity contribution in [1.82, 2.24) is 9.55 Å². The second kappa shape index (κ2) is 20.4. The molecular weight excluding hydrogens is 1130 g/mol. The molecule has 11 aromatic rings. The summed E-state index contributed by atoms with van der Waals surface area (Å²) >= 11 is 0. The monoisotopic (exact) mass is 1200 g/mol. The molecule has 13 rings (SSSR count). The number of pyridine rings is 1. The van der Waals surface area contributed by atoms with Gasteiger partial charge in [-0.05, 0) is 116 Å². The van der Waals surface area contributed by atoms with Crippen LogP contribution in [0, 0.1) is 24.7 Å². The molecule has 388 valence electrons. The van der Waals surface area contributed by atoms with Crippen molar-refractivity contribution in [3.8, 4) is 61.8 Å². The van der Waals surface area contributed by atoms with Crippen molar-refractivity contribution in [3.63, 3.8) is 0 Å². The molecule has 0 saturated carbocycles. The minimum atomic E-state index is -1.83. The van der Waals surface area contributed by atoms with E-state index in [4.69, 9.17) is 13.8 Å². The number of ether oxygens (including phenoxy) is 1. The van der Waals surface area contributed by atoms with Gasteiger partial charge in [0.2, 0.25) is 0 Å². The molecule has 0 N–H and O–H groups in total. The third kappa shape index (κ3) is 9.22. The Morgan fingerprint density at radius 1 is 0.603 bits per heavy atom. The molecule has 0 unspecified atom stereocenters. The summed E-state index contributed by atoms with van der Waals surface area (Å²) in [6.07, 6.45) is 1.49. The first-order chi connectivity index (χ1) is 41.2. The Kier molecular flexibility index (Phi) is 10.8. The molecule has 6 heteroatoms. The van der Waals surface area contributed by atoms with Gasteiger partial charge in [-0.25, -0.2) is 4.98 Å². The summed E-state index contributed by atoms with van der Waals surface area (Å²) in [5.74, 6) is 0.406. The van der Waals surface area contributed by atoms with Gasteiger partial charge in [0, 0.05) is 80.8 Å². The smallest absolute Gasteiger partial charge is 0.135 e. The van der Waals surface area contributed by atoms with Gasteiger partial charge >= 0.3 is 0 Å². The maximum absolute atomic E-state index is 10.2. The number of hydrogen-bond donors (Lipinski definition) is 0. The molecule has 9 aromatic carbocycles. The van der Waals surface area contributed by atoms with Crippen LogP contribution in [0.1, 0.15) is 83.4 Å². The molecule has 1 aliphatic carbocycles. The van der Waals surface area contributed by atoms with Crippen molar-refractivity contribution in [3.05, 3.63) is 248 Å². The topological polar surface area (TPSA) is 33.5 Å². The average Bonchev–Trinajstić information content (AvgIpc) is 1.75. The predicted octanol–water partition coefficient (Wildman–Crippen LogP) is 19.2. The van der Waals surface area contributed by atoms with Crippen LogP contribution in [0.2, 0.25) is 0 Å². The Balaban J connectivity index is 0.00000739. The van der Waals surface area contributed by atoms with Gasteiger partial charge in [0.05, 0.1) is 9.60 Å². The third-order valence-corrected chi connectivity index (χ3v) is 15.2. The van der Waals surface area contributed by atoms with E-state index in [2.05, 4.69) is 93.3 Å². The zero-order valence-corrected chi connectivity index (χ0v) is 46.5. The molecule has 0 atom stereocenters. The number of hydrogen-bond acceptors (Lipinski definition) is 4. The summed E-state index contributed by atoms with van der Waals surface area (Å²) in [7, 11) is 0. The molecule has 0 spiro atoms. The molecule has 3 heterocycles. The normalized spacial score (nSPS) is 16.2. The summed E-state index contributed by atoms with van der Waals surface area (Å²) in [6, 6.07) is 59.1. The fourth-order valence-electron chi connectivity index (χ4n) is 11.2. The van der Waals surface area contributed by atoms with Gasteiger partial charge in [-0.1, -0.05) is 193 Å². The van der Waals surface area contributed by atoms with Crippen LogP contribution in [0.15, 0.2) is 212 Å². The molecular formula is C72H61N4OPt-3. The van der Waals surface area contributed by atoms with E-state index >= 15 is 0 Å². The van der Waals surface area contributed by atoms with Gasteiger partial charge in [-0.3, -0.25) is 0 Å². The van der Waals surface area contributed by atoms with Crippen molar-refractivity contribution in [2.45, 2.75) is 71.6 Å².